The van der Waals surface area contributed by atoms with Crippen molar-refractivity contribution >= 4 is 23.2 Å². The summed E-state index contributed by atoms with van der Waals surface area (Å²) in [4.78, 5) is 15.1. The van der Waals surface area contributed by atoms with E-state index < -0.39 is 0 Å². The summed E-state index contributed by atoms with van der Waals surface area (Å²) in [6.07, 6.45) is 2.64. The summed E-state index contributed by atoms with van der Waals surface area (Å²) < 4.78 is 11.3. The number of hydrogen-bond donors (Lipinski definition) is 1. The molecule has 1 atom stereocenters. The fourth-order valence-electron chi connectivity index (χ4n) is 3.48. The van der Waals surface area contributed by atoms with Crippen molar-refractivity contribution < 1.29 is 14.3 Å². The van der Waals surface area contributed by atoms with E-state index in [4.69, 9.17) is 21.1 Å². The highest BCUT2D eigenvalue weighted by Gasteiger charge is 2.42. The lowest BCUT2D eigenvalue weighted by Gasteiger charge is -2.38. The highest BCUT2D eigenvalue weighted by atomic mass is 35.5. The number of hydrogen-bond acceptors (Lipinski definition) is 4. The number of benzene rings is 2. The van der Waals surface area contributed by atoms with Gasteiger partial charge in [-0.3, -0.25) is 4.79 Å². The van der Waals surface area contributed by atoms with Gasteiger partial charge in [-0.1, -0.05) is 30.7 Å². The lowest BCUT2D eigenvalue weighted by atomic mass is 10.0. The van der Waals surface area contributed by atoms with Gasteiger partial charge < -0.3 is 19.7 Å². The second-order valence-electron chi connectivity index (χ2n) is 6.92. The molecule has 1 fully saturated rings. The van der Waals surface area contributed by atoms with Gasteiger partial charge in [-0.05, 0) is 43.5 Å². The van der Waals surface area contributed by atoms with E-state index >= 15 is 0 Å². The highest BCUT2D eigenvalue weighted by Crippen LogP contribution is 2.44. The topological polar surface area (TPSA) is 50.8 Å². The van der Waals surface area contributed by atoms with Gasteiger partial charge in [0.2, 0.25) is 0 Å². The Morgan fingerprint density at radius 1 is 1.26 bits per heavy atom. The second kappa shape index (κ2) is 7.31. The zero-order chi connectivity index (χ0) is 19.0. The van der Waals surface area contributed by atoms with Crippen molar-refractivity contribution in [3.63, 3.8) is 0 Å². The maximum absolute atomic E-state index is 13.1. The molecule has 5 nitrogen and oxygen atoms in total. The summed E-state index contributed by atoms with van der Waals surface area (Å²) in [5.74, 6) is 1.18. The molecule has 1 aliphatic heterocycles. The molecule has 1 heterocycles. The lowest BCUT2D eigenvalue weighted by molar-refractivity contribution is 0.0666. The van der Waals surface area contributed by atoms with Crippen molar-refractivity contribution in [3.05, 3.63) is 52.5 Å². The SMILES string of the molecule is CCCOc1c(Cl)cc([C@H]2Nc3ccccc3C(=O)N2C2CC2)cc1OC. The summed E-state index contributed by atoms with van der Waals surface area (Å²) in [5.41, 5.74) is 2.43. The summed E-state index contributed by atoms with van der Waals surface area (Å²) in [5, 5.41) is 3.99. The third-order valence-corrected chi connectivity index (χ3v) is 5.20. The minimum Gasteiger partial charge on any atom is -0.493 e. The minimum atomic E-state index is -0.286. The van der Waals surface area contributed by atoms with Gasteiger partial charge in [-0.2, -0.15) is 0 Å². The van der Waals surface area contributed by atoms with Crippen LogP contribution in [0.25, 0.3) is 0 Å². The fraction of sp³-hybridized carbons (Fsp3) is 0.381. The third-order valence-electron chi connectivity index (χ3n) is 4.92. The van der Waals surface area contributed by atoms with E-state index in [0.717, 1.165) is 30.5 Å². The van der Waals surface area contributed by atoms with E-state index in [0.29, 0.717) is 28.7 Å². The van der Waals surface area contributed by atoms with Gasteiger partial charge >= 0.3 is 0 Å². The number of carbonyl (C=O) groups is 1. The maximum atomic E-state index is 13.1. The van der Waals surface area contributed by atoms with E-state index in [2.05, 4.69) is 5.32 Å². The van der Waals surface area contributed by atoms with Gasteiger partial charge in [-0.25, -0.2) is 0 Å². The first-order valence-electron chi connectivity index (χ1n) is 9.32. The standard InChI is InChI=1S/C21H23ClN2O3/c1-3-10-27-19-16(22)11-13(12-18(19)26-2)20-23-17-7-5-4-6-15(17)21(25)24(20)14-8-9-14/h4-7,11-12,14,20,23H,3,8-10H2,1-2H3/t20-/m0/s1. The molecule has 0 unspecified atom stereocenters. The van der Waals surface area contributed by atoms with Crippen LogP contribution in [0.1, 0.15) is 48.3 Å². The van der Waals surface area contributed by atoms with Crippen LogP contribution < -0.4 is 14.8 Å². The summed E-state index contributed by atoms with van der Waals surface area (Å²) in [6, 6.07) is 11.6. The number of nitrogens with zero attached hydrogens (tertiary/aromatic N) is 1. The molecule has 142 valence electrons. The van der Waals surface area contributed by atoms with Crippen molar-refractivity contribution in [1.29, 1.82) is 0 Å². The molecule has 0 saturated heterocycles. The quantitative estimate of drug-likeness (QED) is 0.769. The Bertz CT molecular complexity index is 867. The first kappa shape index (κ1) is 18.0. The number of halogens is 1. The molecule has 0 bridgehead atoms. The molecule has 0 aromatic heterocycles. The van der Waals surface area contributed by atoms with Crippen LogP contribution in [0, 0.1) is 0 Å². The van der Waals surface area contributed by atoms with Crippen LogP contribution in [0.3, 0.4) is 0 Å². The molecular formula is C21H23ClN2O3. The van der Waals surface area contributed by atoms with Gasteiger partial charge in [-0.15, -0.1) is 0 Å². The van der Waals surface area contributed by atoms with Crippen molar-refractivity contribution in [2.45, 2.75) is 38.4 Å². The summed E-state index contributed by atoms with van der Waals surface area (Å²) in [7, 11) is 1.60. The molecule has 4 rings (SSSR count). The Hall–Kier alpha value is -2.40. The number of para-hydroxylation sites is 1. The van der Waals surface area contributed by atoms with E-state index in [1.807, 2.05) is 48.2 Å². The normalized spacial score (nSPS) is 18.7. The lowest BCUT2D eigenvalue weighted by Crippen LogP contribution is -2.44. The maximum Gasteiger partial charge on any atom is 0.258 e. The van der Waals surface area contributed by atoms with Crippen molar-refractivity contribution in [2.24, 2.45) is 0 Å². The van der Waals surface area contributed by atoms with Gasteiger partial charge in [0, 0.05) is 17.3 Å². The largest absolute Gasteiger partial charge is 0.493 e. The molecule has 0 spiro atoms. The van der Waals surface area contributed by atoms with Crippen LogP contribution in [0.4, 0.5) is 5.69 Å². The average molecular weight is 387 g/mol. The first-order chi connectivity index (χ1) is 13.1. The third kappa shape index (κ3) is 3.32. The predicted molar refractivity (Wildman–Crippen MR) is 106 cm³/mol. The number of carbonyl (C=O) groups excluding carboxylic acids is 1. The molecule has 2 aromatic rings. The molecule has 1 saturated carbocycles. The Labute approximate surface area is 164 Å². The van der Waals surface area contributed by atoms with Crippen molar-refractivity contribution in [2.75, 3.05) is 19.0 Å². The van der Waals surface area contributed by atoms with Gasteiger partial charge in [0.15, 0.2) is 11.5 Å². The first-order valence-corrected chi connectivity index (χ1v) is 9.70. The molecule has 1 N–H and O–H groups in total. The molecular weight excluding hydrogens is 364 g/mol. The van der Waals surface area contributed by atoms with Gasteiger partial charge in [0.25, 0.3) is 5.91 Å². The predicted octanol–water partition coefficient (Wildman–Crippen LogP) is 4.87. The van der Waals surface area contributed by atoms with E-state index in [1.165, 1.54) is 0 Å². The van der Waals surface area contributed by atoms with Crippen LogP contribution in [-0.2, 0) is 0 Å². The summed E-state index contributed by atoms with van der Waals surface area (Å²) in [6.45, 7) is 2.61. The molecule has 1 aliphatic carbocycles. The highest BCUT2D eigenvalue weighted by molar-refractivity contribution is 6.32. The molecule has 2 aromatic carbocycles. The zero-order valence-electron chi connectivity index (χ0n) is 15.5. The number of anilines is 1. The van der Waals surface area contributed by atoms with Crippen LogP contribution in [0.15, 0.2) is 36.4 Å². The van der Waals surface area contributed by atoms with E-state index in [9.17, 15) is 4.79 Å². The molecule has 1 amide bonds. The smallest absolute Gasteiger partial charge is 0.258 e. The average Bonchev–Trinajstić information content (AvgIpc) is 3.51. The Kier molecular flexibility index (Phi) is 4.87. The number of fused-ring (bicyclic) bond motifs is 1. The Balaban J connectivity index is 1.75. The number of nitrogens with one attached hydrogen (secondary N) is 1. The Morgan fingerprint density at radius 2 is 2.04 bits per heavy atom. The van der Waals surface area contributed by atoms with Crippen LogP contribution in [-0.4, -0.2) is 30.6 Å². The monoisotopic (exact) mass is 386 g/mol. The van der Waals surface area contributed by atoms with E-state index in [-0.39, 0.29) is 18.1 Å². The van der Waals surface area contributed by atoms with Crippen molar-refractivity contribution in [3.8, 4) is 11.5 Å². The molecule has 6 heteroatoms. The number of methoxy groups -OCH3 is 1. The zero-order valence-corrected chi connectivity index (χ0v) is 16.3. The van der Waals surface area contributed by atoms with E-state index in [1.54, 1.807) is 7.11 Å². The Morgan fingerprint density at radius 3 is 2.74 bits per heavy atom. The van der Waals surface area contributed by atoms with Crippen LogP contribution in [0.2, 0.25) is 5.02 Å². The van der Waals surface area contributed by atoms with Crippen LogP contribution in [0.5, 0.6) is 11.5 Å². The number of ether oxygens (including phenoxy) is 2. The van der Waals surface area contributed by atoms with Gasteiger partial charge in [0.1, 0.15) is 6.17 Å². The molecule has 0 radical (unpaired) electrons. The minimum absolute atomic E-state index is 0.0539. The number of amides is 1. The van der Waals surface area contributed by atoms with Crippen molar-refractivity contribution in [1.82, 2.24) is 4.90 Å². The number of rotatable bonds is 6. The fourth-order valence-corrected chi connectivity index (χ4v) is 3.76. The summed E-state index contributed by atoms with van der Waals surface area (Å²) >= 11 is 6.51. The molecule has 2 aliphatic rings. The second-order valence-corrected chi connectivity index (χ2v) is 7.33. The van der Waals surface area contributed by atoms with Gasteiger partial charge in [0.05, 0.1) is 24.3 Å². The molecule has 27 heavy (non-hydrogen) atoms. The van der Waals surface area contributed by atoms with Crippen LogP contribution >= 0.6 is 11.6 Å².